The first kappa shape index (κ1) is 42.7. The molecule has 5 heterocycles. The molecule has 328 valence electrons. The van der Waals surface area contributed by atoms with E-state index in [0.717, 1.165) is 93.5 Å². The number of aromatic amines is 1. The second-order valence-corrected chi connectivity index (χ2v) is 17.2. The van der Waals surface area contributed by atoms with E-state index in [2.05, 4.69) is 65.0 Å². The number of aliphatic imine (C=N–C) groups is 1. The molecule has 4 aliphatic heterocycles. The third kappa shape index (κ3) is 7.75. The number of carbonyl (C=O) groups is 4. The minimum Gasteiger partial charge on any atom is -0.488 e. The SMILES string of the molecule is CC[C@H](C)[C@H](NC(=O)OC)C(=O)N1[C@@H](C)CC[C@H]1C1=Nc2ccc3cc4c(cc3c2C1)OCc1cc(-c2cnc([C@@H]3CC[C@H](C)N3C(=O)[C@@H](NC(=O)OC)[C@@H](C)OC)[nH]2)ccc1-4. The fraction of sp³-hybridized carbons (Fsp3) is 0.489. The van der Waals surface area contributed by atoms with Crippen molar-refractivity contribution in [2.75, 3.05) is 21.3 Å². The van der Waals surface area contributed by atoms with E-state index in [9.17, 15) is 19.2 Å². The van der Waals surface area contributed by atoms with Gasteiger partial charge in [0.05, 0.1) is 50.0 Å². The van der Waals surface area contributed by atoms with Crippen molar-refractivity contribution in [3.8, 4) is 28.1 Å². The lowest BCUT2D eigenvalue weighted by atomic mass is 9.90. The molecule has 8 rings (SSSR count). The second-order valence-electron chi connectivity index (χ2n) is 17.2. The van der Waals surface area contributed by atoms with E-state index >= 15 is 0 Å². The zero-order valence-electron chi connectivity index (χ0n) is 36.7. The van der Waals surface area contributed by atoms with E-state index < -0.39 is 30.4 Å². The molecule has 15 heteroatoms. The van der Waals surface area contributed by atoms with Crippen LogP contribution in [0, 0.1) is 5.92 Å². The van der Waals surface area contributed by atoms with Crippen molar-refractivity contribution in [3.63, 3.8) is 0 Å². The molecule has 0 spiro atoms. The highest BCUT2D eigenvalue weighted by Gasteiger charge is 2.44. The van der Waals surface area contributed by atoms with Crippen LogP contribution in [0.15, 0.2) is 53.7 Å². The van der Waals surface area contributed by atoms with Crippen LogP contribution in [0.2, 0.25) is 0 Å². The Morgan fingerprint density at radius 3 is 2.23 bits per heavy atom. The van der Waals surface area contributed by atoms with Crippen LogP contribution in [0.4, 0.5) is 15.3 Å². The van der Waals surface area contributed by atoms with Gasteiger partial charge in [0.25, 0.3) is 0 Å². The van der Waals surface area contributed by atoms with Gasteiger partial charge in [0.2, 0.25) is 11.8 Å². The molecule has 1 aromatic heterocycles. The van der Waals surface area contributed by atoms with Crippen molar-refractivity contribution in [2.24, 2.45) is 10.9 Å². The maximum Gasteiger partial charge on any atom is 0.407 e. The molecule has 0 unspecified atom stereocenters. The number of aromatic nitrogens is 2. The predicted octanol–water partition coefficient (Wildman–Crippen LogP) is 7.38. The number of fused-ring (bicyclic) bond motifs is 6. The van der Waals surface area contributed by atoms with Gasteiger partial charge < -0.3 is 44.4 Å². The average Bonchev–Trinajstić information content (AvgIpc) is 4.11. The van der Waals surface area contributed by atoms with Crippen LogP contribution in [0.5, 0.6) is 5.75 Å². The largest absolute Gasteiger partial charge is 0.488 e. The molecule has 0 aliphatic carbocycles. The van der Waals surface area contributed by atoms with E-state index in [1.54, 1.807) is 18.0 Å². The Hall–Kier alpha value is -5.96. The monoisotopic (exact) mass is 847 g/mol. The first-order valence-corrected chi connectivity index (χ1v) is 21.7. The number of nitrogens with one attached hydrogen (secondary N) is 3. The number of imidazole rings is 1. The molecule has 2 saturated heterocycles. The highest BCUT2D eigenvalue weighted by atomic mass is 16.5. The minimum atomic E-state index is -0.923. The summed E-state index contributed by atoms with van der Waals surface area (Å²) in [6.07, 6.45) is 4.45. The van der Waals surface area contributed by atoms with Crippen molar-refractivity contribution in [2.45, 2.75) is 122 Å². The molecule has 4 aliphatic rings. The Balaban J connectivity index is 1.01. The van der Waals surface area contributed by atoms with Crippen molar-refractivity contribution < 1.29 is 38.1 Å². The molecule has 8 atom stereocenters. The number of alkyl carbamates (subject to hydrolysis) is 2. The fourth-order valence-corrected chi connectivity index (χ4v) is 9.74. The summed E-state index contributed by atoms with van der Waals surface area (Å²) in [4.78, 5) is 69.7. The van der Waals surface area contributed by atoms with Crippen LogP contribution in [0.1, 0.15) is 89.7 Å². The fourth-order valence-electron chi connectivity index (χ4n) is 9.74. The number of rotatable bonds is 11. The maximum atomic E-state index is 14.2. The number of H-pyrrole nitrogens is 1. The number of amides is 4. The zero-order chi connectivity index (χ0) is 44.0. The van der Waals surface area contributed by atoms with Gasteiger partial charge in [0.1, 0.15) is 30.3 Å². The predicted molar refractivity (Wildman–Crippen MR) is 234 cm³/mol. The minimum absolute atomic E-state index is 0.0108. The summed E-state index contributed by atoms with van der Waals surface area (Å²) < 4.78 is 21.6. The van der Waals surface area contributed by atoms with Gasteiger partial charge in [0.15, 0.2) is 0 Å². The molecular weight excluding hydrogens is 791 g/mol. The van der Waals surface area contributed by atoms with Crippen LogP contribution in [-0.2, 0) is 36.8 Å². The Kier molecular flexibility index (Phi) is 12.0. The van der Waals surface area contributed by atoms with Gasteiger partial charge in [-0.05, 0) is 110 Å². The second kappa shape index (κ2) is 17.4. The summed E-state index contributed by atoms with van der Waals surface area (Å²) in [7, 11) is 4.08. The molecule has 15 nitrogen and oxygen atoms in total. The maximum absolute atomic E-state index is 14.2. The molecule has 3 N–H and O–H groups in total. The van der Waals surface area contributed by atoms with Gasteiger partial charge in [-0.1, -0.05) is 38.5 Å². The van der Waals surface area contributed by atoms with E-state index in [1.807, 2.05) is 25.7 Å². The van der Waals surface area contributed by atoms with Gasteiger partial charge >= 0.3 is 12.2 Å². The lowest BCUT2D eigenvalue weighted by Gasteiger charge is -2.34. The zero-order valence-corrected chi connectivity index (χ0v) is 36.7. The first-order chi connectivity index (χ1) is 29.8. The average molecular weight is 848 g/mol. The third-order valence-electron chi connectivity index (χ3n) is 13.6. The number of nitrogens with zero attached hydrogens (tertiary/aromatic N) is 4. The standard InChI is InChI=1S/C47H57N7O8/c1-9-24(2)41(51-46(57)60-7)44(55)53-25(3)10-16-38(53)36-20-33-32-21-40-34(19-28(32)13-15-35(33)49-36)31-14-12-29(18-30(31)23-62-40)37-22-48-43(50-37)39-17-11-26(4)54(39)45(56)42(27(5)59-6)52-47(58)61-8/h12-15,18-19,21-22,24-27,38-39,41-42H,9-11,16-17,20,23H2,1-8H3,(H,48,50)(H,51,57)(H,52,58)/t24-,25-,26-,27+,38-,39-,41-,42-/m0/s1. The number of hydrogen-bond acceptors (Lipinski definition) is 10. The van der Waals surface area contributed by atoms with E-state index in [-0.39, 0.29) is 41.9 Å². The molecule has 62 heavy (non-hydrogen) atoms. The van der Waals surface area contributed by atoms with Gasteiger partial charge in [-0.3, -0.25) is 14.6 Å². The van der Waals surface area contributed by atoms with Crippen LogP contribution < -0.4 is 15.4 Å². The summed E-state index contributed by atoms with van der Waals surface area (Å²) >= 11 is 0. The Morgan fingerprint density at radius 2 is 1.53 bits per heavy atom. The Bertz CT molecular complexity index is 2430. The molecular formula is C47H57N7O8. The third-order valence-corrected chi connectivity index (χ3v) is 13.6. The van der Waals surface area contributed by atoms with Gasteiger partial charge in [-0.15, -0.1) is 0 Å². The van der Waals surface area contributed by atoms with Crippen LogP contribution in [0.3, 0.4) is 0 Å². The van der Waals surface area contributed by atoms with Crippen molar-refractivity contribution in [3.05, 3.63) is 65.6 Å². The van der Waals surface area contributed by atoms with Crippen molar-refractivity contribution in [1.29, 1.82) is 0 Å². The summed E-state index contributed by atoms with van der Waals surface area (Å²) in [5, 5.41) is 7.62. The number of hydrogen-bond donors (Lipinski definition) is 3. The highest BCUT2D eigenvalue weighted by Crippen LogP contribution is 2.45. The molecule has 0 radical (unpaired) electrons. The van der Waals surface area contributed by atoms with E-state index in [4.69, 9.17) is 28.9 Å². The topological polar surface area (TPSA) is 177 Å². The lowest BCUT2D eigenvalue weighted by Crippen LogP contribution is -2.55. The lowest BCUT2D eigenvalue weighted by molar-refractivity contribution is -0.139. The summed E-state index contributed by atoms with van der Waals surface area (Å²) in [5.41, 5.74) is 7.93. The number of likely N-dealkylation sites (tertiary alicyclic amines) is 2. The van der Waals surface area contributed by atoms with Gasteiger partial charge in [-0.2, -0.15) is 0 Å². The molecule has 0 bridgehead atoms. The first-order valence-electron chi connectivity index (χ1n) is 21.7. The van der Waals surface area contributed by atoms with Gasteiger partial charge in [-0.25, -0.2) is 14.6 Å². The van der Waals surface area contributed by atoms with Crippen LogP contribution >= 0.6 is 0 Å². The number of benzene rings is 3. The molecule has 3 aromatic carbocycles. The summed E-state index contributed by atoms with van der Waals surface area (Å²) in [6, 6.07) is 12.7. The molecule has 0 saturated carbocycles. The molecule has 4 aromatic rings. The number of methoxy groups -OCH3 is 3. The normalized spacial score (nSPS) is 22.1. The Labute approximate surface area is 361 Å². The van der Waals surface area contributed by atoms with E-state index in [1.165, 1.54) is 21.3 Å². The van der Waals surface area contributed by atoms with Crippen LogP contribution in [-0.4, -0.2) is 107 Å². The van der Waals surface area contributed by atoms with Crippen LogP contribution in [0.25, 0.3) is 33.2 Å². The highest BCUT2D eigenvalue weighted by molar-refractivity contribution is 6.06. The molecule has 4 amide bonds. The number of ether oxygens (including phenoxy) is 4. The Morgan fingerprint density at radius 1 is 0.855 bits per heavy atom. The summed E-state index contributed by atoms with van der Waals surface area (Å²) in [6.45, 7) is 10.2. The van der Waals surface area contributed by atoms with E-state index in [0.29, 0.717) is 18.9 Å². The number of carbonyl (C=O) groups excluding carboxylic acids is 4. The smallest absolute Gasteiger partial charge is 0.407 e. The van der Waals surface area contributed by atoms with Crippen molar-refractivity contribution >= 4 is 46.2 Å². The van der Waals surface area contributed by atoms with Gasteiger partial charge in [0, 0.05) is 36.9 Å². The molecule has 2 fully saturated rings. The summed E-state index contributed by atoms with van der Waals surface area (Å²) in [5.74, 6) is 1.07. The quantitative estimate of drug-likeness (QED) is 0.139. The van der Waals surface area contributed by atoms with Crippen molar-refractivity contribution in [1.82, 2.24) is 30.4 Å².